The minimum Gasteiger partial charge on any atom is -0.340 e. The Balaban J connectivity index is 0.00000261. The number of carbonyl (C=O) groups excluding carboxylic acids is 1. The molecule has 0 spiro atoms. The minimum atomic E-state index is -3.70. The van der Waals surface area contributed by atoms with Crippen molar-refractivity contribution in [1.29, 1.82) is 0 Å². The van der Waals surface area contributed by atoms with Gasteiger partial charge in [-0.1, -0.05) is 6.92 Å². The highest BCUT2D eigenvalue weighted by Gasteiger charge is 2.32. The number of amides is 1. The Labute approximate surface area is 163 Å². The van der Waals surface area contributed by atoms with Gasteiger partial charge in [0.15, 0.2) is 0 Å². The Bertz CT molecular complexity index is 976. The zero-order valence-corrected chi connectivity index (χ0v) is 16.8. The average molecular weight is 418 g/mol. The molecule has 4 N–H and O–H groups in total. The maximum atomic E-state index is 12.9. The maximum absolute atomic E-state index is 12.9. The summed E-state index contributed by atoms with van der Waals surface area (Å²) in [7, 11) is -3.70. The number of imidazole rings is 1. The number of fused-ring (bicyclic) bond motifs is 1. The Morgan fingerprint density at radius 2 is 1.70 bits per heavy atom. The van der Waals surface area contributed by atoms with Crippen LogP contribution < -0.4 is 11.4 Å². The van der Waals surface area contributed by atoms with Gasteiger partial charge in [0.2, 0.25) is 15.9 Å². The highest BCUT2D eigenvalue weighted by molar-refractivity contribution is 7.89. The summed E-state index contributed by atoms with van der Waals surface area (Å²) in [5, 5.41) is 0. The Hall–Kier alpha value is -1.88. The number of aromatic amines is 2. The monoisotopic (exact) mass is 417 g/mol. The molecule has 1 amide bonds. The van der Waals surface area contributed by atoms with E-state index in [-0.39, 0.29) is 53.9 Å². The van der Waals surface area contributed by atoms with Crippen LogP contribution in [0.1, 0.15) is 13.8 Å². The molecule has 1 aliphatic heterocycles. The second-order valence-electron chi connectivity index (χ2n) is 6.66. The number of benzene rings is 1. The molecule has 2 aromatic rings. The van der Waals surface area contributed by atoms with Crippen LogP contribution in [-0.4, -0.2) is 65.7 Å². The smallest absolute Gasteiger partial charge is 0.323 e. The summed E-state index contributed by atoms with van der Waals surface area (Å²) in [6.45, 7) is 4.67. The van der Waals surface area contributed by atoms with Crippen molar-refractivity contribution in [3.05, 3.63) is 28.7 Å². The predicted octanol–water partition coefficient (Wildman–Crippen LogP) is 0.0942. The van der Waals surface area contributed by atoms with Crippen molar-refractivity contribution in [2.75, 3.05) is 26.2 Å². The van der Waals surface area contributed by atoms with Crippen LogP contribution >= 0.6 is 12.4 Å². The number of nitrogens with zero attached hydrogens (tertiary/aromatic N) is 2. The predicted molar refractivity (Wildman–Crippen MR) is 104 cm³/mol. The third-order valence-corrected chi connectivity index (χ3v) is 6.75. The van der Waals surface area contributed by atoms with E-state index in [9.17, 15) is 18.0 Å². The van der Waals surface area contributed by atoms with Crippen LogP contribution in [0.25, 0.3) is 11.0 Å². The van der Waals surface area contributed by atoms with E-state index in [0.717, 1.165) is 0 Å². The van der Waals surface area contributed by atoms with Crippen molar-refractivity contribution in [3.8, 4) is 0 Å². The summed E-state index contributed by atoms with van der Waals surface area (Å²) < 4.78 is 27.1. The first-order valence-electron chi connectivity index (χ1n) is 8.46. The van der Waals surface area contributed by atoms with Crippen molar-refractivity contribution in [2.45, 2.75) is 24.8 Å². The molecule has 2 atom stereocenters. The molecule has 1 fully saturated rings. The van der Waals surface area contributed by atoms with E-state index >= 15 is 0 Å². The largest absolute Gasteiger partial charge is 0.340 e. The Morgan fingerprint density at radius 1 is 1.11 bits per heavy atom. The van der Waals surface area contributed by atoms with E-state index < -0.39 is 10.0 Å². The van der Waals surface area contributed by atoms with Gasteiger partial charge in [0.1, 0.15) is 0 Å². The zero-order valence-electron chi connectivity index (χ0n) is 15.1. The van der Waals surface area contributed by atoms with Crippen LogP contribution in [0.3, 0.4) is 0 Å². The summed E-state index contributed by atoms with van der Waals surface area (Å²) >= 11 is 0. The first-order chi connectivity index (χ1) is 12.2. The lowest BCUT2D eigenvalue weighted by Crippen LogP contribution is -2.53. The first kappa shape index (κ1) is 21.4. The van der Waals surface area contributed by atoms with Crippen LogP contribution in [0.15, 0.2) is 27.9 Å². The van der Waals surface area contributed by atoms with Crippen molar-refractivity contribution in [1.82, 2.24) is 19.2 Å². The van der Waals surface area contributed by atoms with Gasteiger partial charge in [0.05, 0.1) is 21.8 Å². The lowest BCUT2D eigenvalue weighted by atomic mass is 10.0. The van der Waals surface area contributed by atoms with Gasteiger partial charge in [-0.15, -0.1) is 12.4 Å². The zero-order chi connectivity index (χ0) is 19.1. The number of aromatic nitrogens is 2. The molecule has 27 heavy (non-hydrogen) atoms. The third kappa shape index (κ3) is 4.18. The molecule has 2 unspecified atom stereocenters. The van der Waals surface area contributed by atoms with Crippen LogP contribution in [0.5, 0.6) is 0 Å². The van der Waals surface area contributed by atoms with Crippen LogP contribution in [-0.2, 0) is 14.8 Å². The number of carbonyl (C=O) groups is 1. The second-order valence-corrected chi connectivity index (χ2v) is 8.60. The fraction of sp³-hybridized carbons (Fsp3) is 0.500. The number of H-pyrrole nitrogens is 2. The molecule has 2 heterocycles. The van der Waals surface area contributed by atoms with Crippen LogP contribution in [0.2, 0.25) is 0 Å². The number of sulfonamides is 1. The highest BCUT2D eigenvalue weighted by atomic mass is 35.5. The standard InChI is InChI=1S/C16H23N5O4S.ClH/c1-10(11(2)17)15(22)20-5-7-21(8-6-20)26(24,25)12-3-4-13-14(9-12)19-16(23)18-13;/h3-4,9-11H,5-8,17H2,1-2H3,(H2,18,19,23);1H. The number of nitrogens with two attached hydrogens (primary N) is 1. The summed E-state index contributed by atoms with van der Waals surface area (Å²) in [5.41, 5.74) is 6.39. The van der Waals surface area contributed by atoms with E-state index in [4.69, 9.17) is 5.73 Å². The van der Waals surface area contributed by atoms with Crippen molar-refractivity contribution in [3.63, 3.8) is 0 Å². The summed E-state index contributed by atoms with van der Waals surface area (Å²) in [6, 6.07) is 4.22. The lowest BCUT2D eigenvalue weighted by molar-refractivity contribution is -0.136. The van der Waals surface area contributed by atoms with Gasteiger partial charge < -0.3 is 20.6 Å². The quantitative estimate of drug-likeness (QED) is 0.648. The molecule has 0 saturated carbocycles. The van der Waals surface area contributed by atoms with E-state index in [1.54, 1.807) is 24.8 Å². The summed E-state index contributed by atoms with van der Waals surface area (Å²) in [5.74, 6) is -0.352. The number of nitrogens with one attached hydrogen (secondary N) is 2. The molecule has 1 saturated heterocycles. The molecule has 1 aromatic heterocycles. The topological polar surface area (TPSA) is 132 Å². The molecular formula is C16H24ClN5O4S. The van der Waals surface area contributed by atoms with E-state index in [0.29, 0.717) is 24.1 Å². The molecule has 0 bridgehead atoms. The van der Waals surface area contributed by atoms with Gasteiger partial charge in [0.25, 0.3) is 0 Å². The van der Waals surface area contributed by atoms with Gasteiger partial charge >= 0.3 is 5.69 Å². The highest BCUT2D eigenvalue weighted by Crippen LogP contribution is 2.21. The Kier molecular flexibility index (Phi) is 6.35. The maximum Gasteiger partial charge on any atom is 0.323 e. The SMILES string of the molecule is CC(N)C(C)C(=O)N1CCN(S(=O)(=O)c2ccc3[nH]c(=O)[nH]c3c2)CC1.Cl. The van der Waals surface area contributed by atoms with Crippen molar-refractivity contribution < 1.29 is 13.2 Å². The number of rotatable bonds is 4. The van der Waals surface area contributed by atoms with Gasteiger partial charge in [-0.3, -0.25) is 4.79 Å². The van der Waals surface area contributed by atoms with Gasteiger partial charge in [-0.05, 0) is 25.1 Å². The third-order valence-electron chi connectivity index (χ3n) is 4.85. The molecule has 1 aromatic carbocycles. The van der Waals surface area contributed by atoms with E-state index in [1.165, 1.54) is 16.4 Å². The molecule has 0 aliphatic carbocycles. The number of halogens is 1. The number of hydrogen-bond acceptors (Lipinski definition) is 5. The van der Waals surface area contributed by atoms with Gasteiger partial charge in [-0.2, -0.15) is 4.31 Å². The van der Waals surface area contributed by atoms with Crippen molar-refractivity contribution >= 4 is 39.4 Å². The molecule has 150 valence electrons. The van der Waals surface area contributed by atoms with Crippen molar-refractivity contribution in [2.24, 2.45) is 11.7 Å². The fourth-order valence-corrected chi connectivity index (χ4v) is 4.43. The second kappa shape index (κ2) is 8.01. The normalized spacial score (nSPS) is 18.1. The van der Waals surface area contributed by atoms with Crippen LogP contribution in [0.4, 0.5) is 0 Å². The average Bonchev–Trinajstić information content (AvgIpc) is 2.99. The lowest BCUT2D eigenvalue weighted by Gasteiger charge is -2.35. The molecule has 11 heteroatoms. The number of hydrogen-bond donors (Lipinski definition) is 3. The molecular weight excluding hydrogens is 394 g/mol. The molecule has 0 radical (unpaired) electrons. The summed E-state index contributed by atoms with van der Waals surface area (Å²) in [6.07, 6.45) is 0. The molecule has 1 aliphatic rings. The van der Waals surface area contributed by atoms with E-state index in [1.807, 2.05) is 0 Å². The van der Waals surface area contributed by atoms with Crippen LogP contribution in [0, 0.1) is 5.92 Å². The minimum absolute atomic E-state index is 0. The first-order valence-corrected chi connectivity index (χ1v) is 9.90. The Morgan fingerprint density at radius 3 is 2.30 bits per heavy atom. The van der Waals surface area contributed by atoms with E-state index in [2.05, 4.69) is 9.97 Å². The summed E-state index contributed by atoms with van der Waals surface area (Å²) in [4.78, 5) is 30.6. The fourth-order valence-electron chi connectivity index (χ4n) is 2.98. The number of piperazine rings is 1. The molecule has 9 nitrogen and oxygen atoms in total. The molecule has 3 rings (SSSR count). The van der Waals surface area contributed by atoms with Gasteiger partial charge in [0, 0.05) is 32.2 Å². The van der Waals surface area contributed by atoms with Gasteiger partial charge in [-0.25, -0.2) is 13.2 Å².